The lowest BCUT2D eigenvalue weighted by Gasteiger charge is -2.11. The number of rotatable bonds is 3. The van der Waals surface area contributed by atoms with E-state index in [1.807, 2.05) is 6.07 Å². The number of benzene rings is 1. The first kappa shape index (κ1) is 12.6. The molecule has 0 atom stereocenters. The van der Waals surface area contributed by atoms with Crippen molar-refractivity contribution in [2.45, 2.75) is 25.7 Å². The molecule has 3 rings (SSSR count). The maximum Gasteiger partial charge on any atom is 0.303 e. The van der Waals surface area contributed by atoms with Crippen molar-refractivity contribution in [2.24, 2.45) is 5.41 Å². The largest absolute Gasteiger partial charge is 0.489 e. The van der Waals surface area contributed by atoms with E-state index in [1.165, 1.54) is 0 Å². The summed E-state index contributed by atoms with van der Waals surface area (Å²) in [6, 6.07) is 3.60. The molecule has 0 bridgehead atoms. The van der Waals surface area contributed by atoms with Crippen LogP contribution in [0.1, 0.15) is 24.8 Å². The molecule has 102 valence electrons. The topological polar surface area (TPSA) is 55.8 Å². The Labute approximate surface area is 116 Å². The number of carboxylic acid groups (broad SMARTS) is 1. The van der Waals surface area contributed by atoms with Gasteiger partial charge in [0.1, 0.15) is 0 Å². The van der Waals surface area contributed by atoms with E-state index in [1.54, 1.807) is 6.07 Å². The second-order valence-corrected chi connectivity index (χ2v) is 5.78. The zero-order valence-corrected chi connectivity index (χ0v) is 11.2. The van der Waals surface area contributed by atoms with E-state index in [0.29, 0.717) is 36.2 Å². The fourth-order valence-electron chi connectivity index (χ4n) is 2.23. The van der Waals surface area contributed by atoms with E-state index in [0.717, 1.165) is 18.4 Å². The van der Waals surface area contributed by atoms with Crippen molar-refractivity contribution in [3.8, 4) is 11.5 Å². The van der Waals surface area contributed by atoms with Gasteiger partial charge in [0.15, 0.2) is 11.5 Å². The summed E-state index contributed by atoms with van der Waals surface area (Å²) in [7, 11) is 0. The number of hydrogen-bond acceptors (Lipinski definition) is 3. The number of carbonyl (C=O) groups is 1. The van der Waals surface area contributed by atoms with Crippen molar-refractivity contribution in [3.05, 3.63) is 22.7 Å². The van der Waals surface area contributed by atoms with Crippen LogP contribution in [0.5, 0.6) is 11.5 Å². The summed E-state index contributed by atoms with van der Waals surface area (Å²) in [5.74, 6) is 0.404. The van der Waals surface area contributed by atoms with Gasteiger partial charge in [-0.25, -0.2) is 0 Å². The first-order valence-corrected chi connectivity index (χ1v) is 6.76. The molecule has 4 nitrogen and oxygen atoms in total. The van der Waals surface area contributed by atoms with Crippen LogP contribution in [0.4, 0.5) is 0 Å². The number of ether oxygens (including phenoxy) is 2. The Balaban J connectivity index is 1.82. The standard InChI is InChI=1S/C14H15ClO4/c15-10-5-9(1-2-12(16)17)6-11-13(10)19-8-14(3-4-14)7-18-11/h5-6H,1-4,7-8H2,(H,16,17). The molecule has 0 radical (unpaired) electrons. The predicted molar refractivity (Wildman–Crippen MR) is 70.1 cm³/mol. The number of aryl methyl sites for hydroxylation is 1. The van der Waals surface area contributed by atoms with Gasteiger partial charge >= 0.3 is 5.97 Å². The monoisotopic (exact) mass is 282 g/mol. The molecule has 1 aliphatic heterocycles. The Kier molecular flexibility index (Phi) is 3.05. The van der Waals surface area contributed by atoms with Gasteiger partial charge in [0.25, 0.3) is 0 Å². The highest BCUT2D eigenvalue weighted by Gasteiger charge is 2.46. The first-order valence-electron chi connectivity index (χ1n) is 6.38. The van der Waals surface area contributed by atoms with Gasteiger partial charge in [-0.15, -0.1) is 0 Å². The quantitative estimate of drug-likeness (QED) is 0.926. The van der Waals surface area contributed by atoms with Crippen molar-refractivity contribution in [3.63, 3.8) is 0 Å². The lowest BCUT2D eigenvalue weighted by Crippen LogP contribution is -2.17. The lowest BCUT2D eigenvalue weighted by molar-refractivity contribution is -0.136. The van der Waals surface area contributed by atoms with Gasteiger partial charge < -0.3 is 14.6 Å². The molecule has 1 aromatic rings. The van der Waals surface area contributed by atoms with E-state index in [2.05, 4.69) is 0 Å². The van der Waals surface area contributed by atoms with Crippen molar-refractivity contribution >= 4 is 17.6 Å². The van der Waals surface area contributed by atoms with Gasteiger partial charge in [-0.05, 0) is 37.0 Å². The summed E-state index contributed by atoms with van der Waals surface area (Å²) < 4.78 is 11.6. The summed E-state index contributed by atoms with van der Waals surface area (Å²) in [5, 5.41) is 9.21. The molecule has 2 aliphatic rings. The van der Waals surface area contributed by atoms with Crippen LogP contribution in [0, 0.1) is 5.41 Å². The summed E-state index contributed by atoms with van der Waals surface area (Å²) in [6.07, 6.45) is 2.78. The van der Waals surface area contributed by atoms with Crippen molar-refractivity contribution in [1.29, 1.82) is 0 Å². The number of fused-ring (bicyclic) bond motifs is 1. The van der Waals surface area contributed by atoms with Crippen molar-refractivity contribution in [1.82, 2.24) is 0 Å². The van der Waals surface area contributed by atoms with Crippen LogP contribution in [0.25, 0.3) is 0 Å². The fourth-order valence-corrected chi connectivity index (χ4v) is 2.52. The van der Waals surface area contributed by atoms with Gasteiger partial charge in [-0.1, -0.05) is 11.6 Å². The van der Waals surface area contributed by atoms with Crippen LogP contribution in [0.15, 0.2) is 12.1 Å². The van der Waals surface area contributed by atoms with Gasteiger partial charge in [0.05, 0.1) is 18.2 Å². The molecular formula is C14H15ClO4. The fraction of sp³-hybridized carbons (Fsp3) is 0.500. The number of hydrogen-bond donors (Lipinski definition) is 1. The van der Waals surface area contributed by atoms with E-state index in [4.69, 9.17) is 26.2 Å². The second kappa shape index (κ2) is 4.60. The molecule has 1 aliphatic carbocycles. The van der Waals surface area contributed by atoms with Crippen LogP contribution in [-0.2, 0) is 11.2 Å². The Bertz CT molecular complexity index is 522. The second-order valence-electron chi connectivity index (χ2n) is 5.38. The third kappa shape index (κ3) is 2.63. The number of carboxylic acids is 1. The zero-order chi connectivity index (χ0) is 13.5. The van der Waals surface area contributed by atoms with Gasteiger partial charge in [-0.3, -0.25) is 4.79 Å². The molecule has 1 aromatic carbocycles. The number of aliphatic carboxylic acids is 1. The minimum Gasteiger partial charge on any atom is -0.489 e. The molecule has 0 saturated heterocycles. The Morgan fingerprint density at radius 1 is 1.32 bits per heavy atom. The van der Waals surface area contributed by atoms with Crippen LogP contribution in [0.2, 0.25) is 5.02 Å². The summed E-state index contributed by atoms with van der Waals surface area (Å²) >= 11 is 6.20. The summed E-state index contributed by atoms with van der Waals surface area (Å²) in [5.41, 5.74) is 1.03. The molecule has 19 heavy (non-hydrogen) atoms. The summed E-state index contributed by atoms with van der Waals surface area (Å²) in [4.78, 5) is 10.6. The zero-order valence-electron chi connectivity index (χ0n) is 10.4. The lowest BCUT2D eigenvalue weighted by atomic mass is 10.1. The Morgan fingerprint density at radius 2 is 2.05 bits per heavy atom. The molecule has 1 fully saturated rings. The molecule has 0 aromatic heterocycles. The molecule has 0 amide bonds. The predicted octanol–water partition coefficient (Wildman–Crippen LogP) is 2.91. The first-order chi connectivity index (χ1) is 9.08. The van der Waals surface area contributed by atoms with Crippen molar-refractivity contribution < 1.29 is 19.4 Å². The molecule has 1 heterocycles. The van der Waals surface area contributed by atoms with E-state index in [-0.39, 0.29) is 11.8 Å². The highest BCUT2D eigenvalue weighted by molar-refractivity contribution is 6.32. The van der Waals surface area contributed by atoms with Crippen LogP contribution >= 0.6 is 11.6 Å². The van der Waals surface area contributed by atoms with Gasteiger partial charge in [0, 0.05) is 11.8 Å². The smallest absolute Gasteiger partial charge is 0.303 e. The van der Waals surface area contributed by atoms with Gasteiger partial charge in [-0.2, -0.15) is 0 Å². The van der Waals surface area contributed by atoms with Crippen LogP contribution in [0.3, 0.4) is 0 Å². The third-order valence-corrected chi connectivity index (χ3v) is 3.99. The van der Waals surface area contributed by atoms with E-state index < -0.39 is 5.97 Å². The normalized spacial score (nSPS) is 19.0. The molecule has 1 spiro atoms. The van der Waals surface area contributed by atoms with Crippen LogP contribution < -0.4 is 9.47 Å². The van der Waals surface area contributed by atoms with E-state index >= 15 is 0 Å². The molecule has 0 unspecified atom stereocenters. The molecule has 5 heteroatoms. The minimum absolute atomic E-state index is 0.0832. The maximum atomic E-state index is 10.6. The minimum atomic E-state index is -0.819. The average molecular weight is 283 g/mol. The highest BCUT2D eigenvalue weighted by atomic mass is 35.5. The average Bonchev–Trinajstić information content (AvgIpc) is 3.15. The van der Waals surface area contributed by atoms with Gasteiger partial charge in [0.2, 0.25) is 0 Å². The molecule has 1 N–H and O–H groups in total. The van der Waals surface area contributed by atoms with Crippen LogP contribution in [-0.4, -0.2) is 24.3 Å². The van der Waals surface area contributed by atoms with Crippen molar-refractivity contribution in [2.75, 3.05) is 13.2 Å². The Morgan fingerprint density at radius 3 is 2.74 bits per heavy atom. The molecular weight excluding hydrogens is 268 g/mol. The number of halogens is 1. The Hall–Kier alpha value is -1.42. The maximum absolute atomic E-state index is 10.6. The highest BCUT2D eigenvalue weighted by Crippen LogP contribution is 2.50. The molecule has 1 saturated carbocycles. The van der Waals surface area contributed by atoms with E-state index in [9.17, 15) is 4.79 Å². The third-order valence-electron chi connectivity index (χ3n) is 3.71. The summed E-state index contributed by atoms with van der Waals surface area (Å²) in [6.45, 7) is 1.30. The SMILES string of the molecule is O=C(O)CCc1cc(Cl)c2c(c1)OCC1(CC1)CO2.